The number of aliphatic hydroxyl groups excluding tert-OH is 1. The second-order valence-electron chi connectivity index (χ2n) is 16.6. The maximum atomic E-state index is 14.5. The van der Waals surface area contributed by atoms with Crippen LogP contribution < -0.4 is 0 Å². The number of aliphatic imine (C=N–C) groups is 2. The van der Waals surface area contributed by atoms with Crippen LogP contribution >= 0.6 is 0 Å². The highest BCUT2D eigenvalue weighted by molar-refractivity contribution is 6.00. The number of carbonyl (C=O) groups excluding carboxylic acids is 3. The van der Waals surface area contributed by atoms with Crippen molar-refractivity contribution in [2.24, 2.45) is 33.7 Å². The number of carbonyl (C=O) groups is 3. The molecule has 3 heterocycles. The summed E-state index contributed by atoms with van der Waals surface area (Å²) in [5.74, 6) is -5.24. The van der Waals surface area contributed by atoms with E-state index in [1.165, 1.54) is 20.8 Å². The second kappa shape index (κ2) is 18.9. The Bertz CT molecular complexity index is 1670. The smallest absolute Gasteiger partial charge is 0.316 e. The number of amides is 1. The molecular formula is C42H62N4O10. The largest absolute Gasteiger partial charge is 0.459 e. The summed E-state index contributed by atoms with van der Waals surface area (Å²) in [7, 11) is 3.73. The number of hydrogen-bond acceptors (Lipinski definition) is 13. The zero-order valence-electron chi connectivity index (χ0n) is 34.9. The van der Waals surface area contributed by atoms with E-state index in [0.717, 1.165) is 5.56 Å². The van der Waals surface area contributed by atoms with Gasteiger partial charge in [-0.1, -0.05) is 39.8 Å². The summed E-state index contributed by atoms with van der Waals surface area (Å²) in [6.45, 7) is 15.1. The van der Waals surface area contributed by atoms with Gasteiger partial charge >= 0.3 is 5.97 Å². The van der Waals surface area contributed by atoms with Crippen LogP contribution in [0, 0.1) is 35.0 Å². The van der Waals surface area contributed by atoms with Crippen LogP contribution in [0.25, 0.3) is 0 Å². The molecule has 1 aromatic carbocycles. The minimum Gasteiger partial charge on any atom is -0.459 e. The number of aliphatic hydroxyl groups is 2. The van der Waals surface area contributed by atoms with Crippen LogP contribution in [0.15, 0.2) is 34.3 Å². The molecule has 3 aliphatic rings. The van der Waals surface area contributed by atoms with Gasteiger partial charge in [-0.3, -0.25) is 19.4 Å². The minimum absolute atomic E-state index is 0.0998. The van der Waals surface area contributed by atoms with Gasteiger partial charge in [0.25, 0.3) is 0 Å². The van der Waals surface area contributed by atoms with Crippen molar-refractivity contribution in [3.8, 4) is 6.07 Å². The summed E-state index contributed by atoms with van der Waals surface area (Å²) in [6.07, 6.45) is -4.99. The number of ether oxygens (including phenoxy) is 5. The molecule has 3 aliphatic heterocycles. The van der Waals surface area contributed by atoms with E-state index in [0.29, 0.717) is 23.4 Å². The van der Waals surface area contributed by atoms with Gasteiger partial charge in [-0.2, -0.15) is 5.26 Å². The van der Waals surface area contributed by atoms with Crippen molar-refractivity contribution >= 4 is 29.1 Å². The number of Topliss-reactive ketones (excluding diaryl/α,β-unsaturated/α-hetero) is 1. The number of fused-ring (bicyclic) bond motifs is 5. The molecule has 3 fully saturated rings. The zero-order valence-corrected chi connectivity index (χ0v) is 34.9. The van der Waals surface area contributed by atoms with Crippen molar-refractivity contribution < 1.29 is 48.3 Å². The van der Waals surface area contributed by atoms with Gasteiger partial charge < -0.3 is 38.8 Å². The second-order valence-corrected chi connectivity index (χ2v) is 16.6. The fraction of sp³-hybridized carbons (Fsp3) is 0.714. The third kappa shape index (κ3) is 10.4. The van der Waals surface area contributed by atoms with Gasteiger partial charge in [0.05, 0.1) is 61.0 Å². The van der Waals surface area contributed by atoms with Crippen molar-refractivity contribution in [2.75, 3.05) is 27.3 Å². The van der Waals surface area contributed by atoms with Gasteiger partial charge in [0, 0.05) is 30.5 Å². The first-order chi connectivity index (χ1) is 26.2. The van der Waals surface area contributed by atoms with E-state index in [4.69, 9.17) is 28.7 Å². The van der Waals surface area contributed by atoms with Crippen LogP contribution in [-0.4, -0.2) is 126 Å². The van der Waals surface area contributed by atoms with Crippen LogP contribution in [0.2, 0.25) is 0 Å². The lowest BCUT2D eigenvalue weighted by Crippen LogP contribution is -2.60. The van der Waals surface area contributed by atoms with Gasteiger partial charge in [-0.15, -0.1) is 0 Å². The van der Waals surface area contributed by atoms with Gasteiger partial charge in [-0.05, 0) is 84.7 Å². The van der Waals surface area contributed by atoms with Gasteiger partial charge in [-0.25, -0.2) is 4.99 Å². The summed E-state index contributed by atoms with van der Waals surface area (Å²) >= 11 is 0. The highest BCUT2D eigenvalue weighted by atomic mass is 16.7. The molecule has 2 N–H and O–H groups in total. The number of esters is 1. The average molecular weight is 783 g/mol. The number of nitrogens with zero attached hydrogens (tertiary/aromatic N) is 4. The molecule has 0 radical (unpaired) electrons. The molecule has 4 rings (SSSR count). The molecule has 13 atom stereocenters. The monoisotopic (exact) mass is 782 g/mol. The molecule has 0 aliphatic carbocycles. The lowest BCUT2D eigenvalue weighted by Gasteiger charge is -2.47. The number of cyclic esters (lactones) is 1. The molecule has 14 heteroatoms. The Morgan fingerprint density at radius 2 is 1.80 bits per heavy atom. The number of rotatable bonds is 6. The van der Waals surface area contributed by atoms with Crippen LogP contribution in [-0.2, 0) is 44.6 Å². The Hall–Kier alpha value is -3.42. The standard InChI is InChI=1S/C42H62N4O10/c1-12-33-42(9,51)38-25(4)34(45-28(7)47)23(2)18-41(8,53-22-31(21-52-38)44-20-30-15-13-14-29(17-30)19-43)37(26(5)35(48)27(6)39(50)55-33)56-40-36(49)32(46(10)11)16-24(3)54-40/h13-15,17,23-27,32-33,36-38,40,49,51H,12,16,18,20-22H2,1-11H3/t23-,24-,25+,26+,27-,32+,33-,36-,37-,38+,40+,41-,42-/m1/s1. The first-order valence-corrected chi connectivity index (χ1v) is 19.7. The lowest BCUT2D eigenvalue weighted by atomic mass is 9.73. The molecule has 0 unspecified atom stereocenters. The molecule has 1 amide bonds. The number of likely N-dealkylation sites (N-methyl/N-ethyl adjacent to an activating group) is 1. The topological polar surface area (TPSA) is 190 Å². The molecule has 310 valence electrons. The van der Waals surface area contributed by atoms with Gasteiger partial charge in [0.1, 0.15) is 23.7 Å². The molecule has 2 bridgehead atoms. The predicted molar refractivity (Wildman–Crippen MR) is 209 cm³/mol. The van der Waals surface area contributed by atoms with Crippen molar-refractivity contribution in [3.05, 3.63) is 35.4 Å². The number of nitriles is 1. The Balaban J connectivity index is 1.97. The van der Waals surface area contributed by atoms with Crippen LogP contribution in [0.3, 0.4) is 0 Å². The third-order valence-corrected chi connectivity index (χ3v) is 11.7. The number of ketones is 1. The van der Waals surface area contributed by atoms with Gasteiger partial charge in [0.2, 0.25) is 5.91 Å². The van der Waals surface area contributed by atoms with Crippen molar-refractivity contribution in [1.82, 2.24) is 4.90 Å². The van der Waals surface area contributed by atoms with Crippen molar-refractivity contribution in [3.63, 3.8) is 0 Å². The summed E-state index contributed by atoms with van der Waals surface area (Å²) in [5.41, 5.74) is -1.06. The first kappa shape index (κ1) is 45.3. The lowest BCUT2D eigenvalue weighted by molar-refractivity contribution is -0.296. The highest BCUT2D eigenvalue weighted by Gasteiger charge is 2.53. The average Bonchev–Trinajstić information content (AvgIpc) is 3.16. The molecule has 0 aromatic heterocycles. The molecule has 0 spiro atoms. The predicted octanol–water partition coefficient (Wildman–Crippen LogP) is 4.06. The van der Waals surface area contributed by atoms with E-state index in [1.54, 1.807) is 39.0 Å². The maximum Gasteiger partial charge on any atom is 0.316 e. The first-order valence-electron chi connectivity index (χ1n) is 19.7. The SMILES string of the molecule is CC[C@H]1OC(=O)[C@H](C)C(=O)[C@H](C)[C@@H](O[C@@H]2O[C@H](C)C[C@H](N(C)C)[C@H]2O)[C@@]2(C)C[C@@H](C)C(=NC(C)=O)[C@H](C)[C@H](OCC(=NCc3cccc(C#N)c3)CO2)[C@]1(C)O. The summed E-state index contributed by atoms with van der Waals surface area (Å²) in [4.78, 5) is 52.4. The minimum atomic E-state index is -1.83. The van der Waals surface area contributed by atoms with Crippen molar-refractivity contribution in [1.29, 1.82) is 5.26 Å². The fourth-order valence-corrected chi connectivity index (χ4v) is 8.59. The van der Waals surface area contributed by atoms with E-state index in [-0.39, 0.29) is 44.7 Å². The number of hydrogen-bond donors (Lipinski definition) is 2. The van der Waals surface area contributed by atoms with Crippen LogP contribution in [0.5, 0.6) is 0 Å². The van der Waals surface area contributed by atoms with E-state index in [9.17, 15) is 29.9 Å². The fourth-order valence-electron chi connectivity index (χ4n) is 8.59. The van der Waals surface area contributed by atoms with E-state index in [1.807, 2.05) is 45.8 Å². The Kier molecular flexibility index (Phi) is 15.3. The molecule has 0 saturated carbocycles. The summed E-state index contributed by atoms with van der Waals surface area (Å²) < 4.78 is 32.5. The molecule has 56 heavy (non-hydrogen) atoms. The molecule has 3 saturated heterocycles. The van der Waals surface area contributed by atoms with E-state index >= 15 is 0 Å². The normalized spacial score (nSPS) is 39.3. The third-order valence-electron chi connectivity index (χ3n) is 11.7. The molecule has 14 nitrogen and oxygen atoms in total. The zero-order chi connectivity index (χ0) is 41.7. The Morgan fingerprint density at radius 3 is 2.43 bits per heavy atom. The Morgan fingerprint density at radius 1 is 1.11 bits per heavy atom. The van der Waals surface area contributed by atoms with E-state index < -0.39 is 83.2 Å². The van der Waals surface area contributed by atoms with Gasteiger partial charge in [0.15, 0.2) is 12.1 Å². The number of benzene rings is 1. The van der Waals surface area contributed by atoms with E-state index in [2.05, 4.69) is 11.1 Å². The van der Waals surface area contributed by atoms with Crippen molar-refractivity contribution in [2.45, 2.75) is 142 Å². The Labute approximate surface area is 331 Å². The molecule has 1 aromatic rings. The summed E-state index contributed by atoms with van der Waals surface area (Å²) in [6, 6.07) is 8.92. The van der Waals surface area contributed by atoms with Crippen LogP contribution in [0.1, 0.15) is 92.7 Å². The summed E-state index contributed by atoms with van der Waals surface area (Å²) in [5, 5.41) is 33.5. The maximum absolute atomic E-state index is 14.5. The highest BCUT2D eigenvalue weighted by Crippen LogP contribution is 2.40. The molecular weight excluding hydrogens is 720 g/mol. The van der Waals surface area contributed by atoms with Crippen LogP contribution in [0.4, 0.5) is 0 Å². The quantitative estimate of drug-likeness (QED) is 0.312.